The molecule has 3 rings (SSSR count). The number of fused-ring (bicyclic) bond motifs is 1. The van der Waals surface area contributed by atoms with E-state index in [0.717, 1.165) is 11.8 Å². The van der Waals surface area contributed by atoms with Crippen molar-refractivity contribution in [3.8, 4) is 0 Å². The Bertz CT molecular complexity index is 331. The first-order valence-electron chi connectivity index (χ1n) is 5.38. The average molecular weight is 206 g/mol. The summed E-state index contributed by atoms with van der Waals surface area (Å²) in [6.07, 6.45) is 4.47. The van der Waals surface area contributed by atoms with Gasteiger partial charge in [-0.05, 0) is 42.5 Å². The van der Waals surface area contributed by atoms with E-state index < -0.39 is 0 Å². The number of hydrogen-bond acceptors (Lipinski definition) is 2. The van der Waals surface area contributed by atoms with Gasteiger partial charge >= 0.3 is 0 Å². The molecule has 1 nitrogen and oxygen atoms in total. The third-order valence-electron chi connectivity index (χ3n) is 3.63. The molecular weight excluding hydrogens is 192 g/mol. The van der Waals surface area contributed by atoms with Crippen LogP contribution in [0.1, 0.15) is 24.1 Å². The molecule has 14 heavy (non-hydrogen) atoms. The zero-order valence-corrected chi connectivity index (χ0v) is 8.93. The molecule has 0 spiro atoms. The van der Waals surface area contributed by atoms with Gasteiger partial charge in [0.05, 0.1) is 0 Å². The summed E-state index contributed by atoms with van der Waals surface area (Å²) in [7, 11) is 0. The van der Waals surface area contributed by atoms with Crippen LogP contribution < -0.4 is 0 Å². The molecule has 2 atom stereocenters. The minimum Gasteiger partial charge on any atom is -0.299 e. The quantitative estimate of drug-likeness (QED) is 0.743. The largest absolute Gasteiger partial charge is 0.299 e. The normalized spacial score (nSPS) is 34.1. The second kappa shape index (κ2) is 3.20. The van der Waals surface area contributed by atoms with Gasteiger partial charge < -0.3 is 0 Å². The molecule has 1 aromatic rings. The number of carbonyl (C=O) groups excluding carboxylic acids is 1. The summed E-state index contributed by atoms with van der Waals surface area (Å²) in [5.41, 5.74) is 0. The minimum atomic E-state index is 0.404. The number of hydrogen-bond donors (Lipinski definition) is 0. The van der Waals surface area contributed by atoms with Gasteiger partial charge in [0.1, 0.15) is 5.78 Å². The van der Waals surface area contributed by atoms with Crippen molar-refractivity contribution < 1.29 is 4.79 Å². The molecule has 0 radical (unpaired) electrons. The lowest BCUT2D eigenvalue weighted by molar-refractivity contribution is -0.122. The predicted molar refractivity (Wildman–Crippen MR) is 57.4 cm³/mol. The van der Waals surface area contributed by atoms with Gasteiger partial charge in [-0.1, -0.05) is 6.07 Å². The Hall–Kier alpha value is -0.630. The highest BCUT2D eigenvalue weighted by molar-refractivity contribution is 7.10. The van der Waals surface area contributed by atoms with Crippen LogP contribution in [0.15, 0.2) is 17.5 Å². The van der Waals surface area contributed by atoms with Crippen molar-refractivity contribution in [2.45, 2.75) is 25.7 Å². The van der Waals surface area contributed by atoms with Crippen molar-refractivity contribution in [1.82, 2.24) is 0 Å². The molecular formula is C12H14OS. The third kappa shape index (κ3) is 1.52. The van der Waals surface area contributed by atoms with E-state index in [4.69, 9.17) is 0 Å². The Labute approximate surface area is 88.1 Å². The molecule has 1 aromatic heterocycles. The maximum absolute atomic E-state index is 11.9. The first-order chi connectivity index (χ1) is 6.83. The second-order valence-corrected chi connectivity index (χ2v) is 5.68. The number of ketones is 1. The summed E-state index contributed by atoms with van der Waals surface area (Å²) in [5, 5.41) is 2.05. The maximum Gasteiger partial charge on any atom is 0.141 e. The van der Waals surface area contributed by atoms with Crippen LogP contribution in [0.2, 0.25) is 0 Å². The van der Waals surface area contributed by atoms with E-state index in [1.54, 1.807) is 11.3 Å². The summed E-state index contributed by atoms with van der Waals surface area (Å²) < 4.78 is 0. The fourth-order valence-corrected chi connectivity index (χ4v) is 3.42. The van der Waals surface area contributed by atoms with Crippen LogP contribution in [-0.2, 0) is 11.2 Å². The van der Waals surface area contributed by atoms with Crippen LogP contribution in [0.3, 0.4) is 0 Å². The van der Waals surface area contributed by atoms with Crippen LogP contribution in [-0.4, -0.2) is 5.78 Å². The van der Waals surface area contributed by atoms with E-state index in [9.17, 15) is 4.79 Å². The molecule has 1 heterocycles. The zero-order chi connectivity index (χ0) is 9.54. The lowest BCUT2D eigenvalue weighted by Crippen LogP contribution is -2.14. The minimum absolute atomic E-state index is 0.404. The SMILES string of the molecule is O=C(Cc1cccs1)C1CC2CC2C1. The number of carbonyl (C=O) groups is 1. The number of rotatable bonds is 3. The van der Waals surface area contributed by atoms with E-state index in [0.29, 0.717) is 18.1 Å². The lowest BCUT2D eigenvalue weighted by Gasteiger charge is -2.08. The van der Waals surface area contributed by atoms with Gasteiger partial charge in [0, 0.05) is 17.2 Å². The van der Waals surface area contributed by atoms with E-state index >= 15 is 0 Å². The first-order valence-corrected chi connectivity index (χ1v) is 6.26. The predicted octanol–water partition coefficient (Wildman–Crippen LogP) is 2.91. The van der Waals surface area contributed by atoms with Gasteiger partial charge in [-0.15, -0.1) is 11.3 Å². The van der Waals surface area contributed by atoms with Gasteiger partial charge in [0.25, 0.3) is 0 Å². The van der Waals surface area contributed by atoms with Crippen molar-refractivity contribution in [2.24, 2.45) is 17.8 Å². The molecule has 2 heteroatoms. The molecule has 0 bridgehead atoms. The summed E-state index contributed by atoms with van der Waals surface area (Å²) >= 11 is 1.70. The number of Topliss-reactive ketones (excluding diaryl/α,β-unsaturated/α-hetero) is 1. The number of thiophene rings is 1. The van der Waals surface area contributed by atoms with Crippen LogP contribution in [0.5, 0.6) is 0 Å². The molecule has 2 saturated carbocycles. The Morgan fingerprint density at radius 3 is 2.79 bits per heavy atom. The molecule has 2 unspecified atom stereocenters. The maximum atomic E-state index is 11.9. The molecule has 0 N–H and O–H groups in total. The van der Waals surface area contributed by atoms with Crippen molar-refractivity contribution in [2.75, 3.05) is 0 Å². The summed E-state index contributed by atoms with van der Waals surface area (Å²) in [6, 6.07) is 4.09. The standard InChI is InChI=1S/C12H14OS/c13-12(7-11-2-1-3-14-11)10-5-8-4-9(8)6-10/h1-3,8-10H,4-7H2. The molecule has 0 amide bonds. The van der Waals surface area contributed by atoms with Gasteiger partial charge in [-0.3, -0.25) is 4.79 Å². The topological polar surface area (TPSA) is 17.1 Å². The van der Waals surface area contributed by atoms with Crippen molar-refractivity contribution in [3.63, 3.8) is 0 Å². The first kappa shape index (κ1) is 8.66. The Morgan fingerprint density at radius 2 is 2.14 bits per heavy atom. The second-order valence-electron chi connectivity index (χ2n) is 4.65. The van der Waals surface area contributed by atoms with Gasteiger partial charge in [0.2, 0.25) is 0 Å². The Morgan fingerprint density at radius 1 is 1.36 bits per heavy atom. The van der Waals surface area contributed by atoms with E-state index in [-0.39, 0.29) is 0 Å². The molecule has 0 aliphatic heterocycles. The Balaban J connectivity index is 1.60. The van der Waals surface area contributed by atoms with Crippen LogP contribution in [0.4, 0.5) is 0 Å². The van der Waals surface area contributed by atoms with Gasteiger partial charge in [0.15, 0.2) is 0 Å². The lowest BCUT2D eigenvalue weighted by atomic mass is 9.96. The summed E-state index contributed by atoms with van der Waals surface area (Å²) in [5.74, 6) is 2.74. The van der Waals surface area contributed by atoms with E-state index in [1.807, 2.05) is 6.07 Å². The molecule has 2 aliphatic carbocycles. The summed E-state index contributed by atoms with van der Waals surface area (Å²) in [4.78, 5) is 13.1. The molecule has 2 fully saturated rings. The van der Waals surface area contributed by atoms with Gasteiger partial charge in [-0.25, -0.2) is 0 Å². The molecule has 2 aliphatic rings. The average Bonchev–Trinajstić information content (AvgIpc) is 2.68. The monoisotopic (exact) mass is 206 g/mol. The molecule has 0 saturated heterocycles. The molecule has 0 aromatic carbocycles. The fourth-order valence-electron chi connectivity index (χ4n) is 2.71. The third-order valence-corrected chi connectivity index (χ3v) is 4.50. The van der Waals surface area contributed by atoms with Crippen LogP contribution >= 0.6 is 11.3 Å². The van der Waals surface area contributed by atoms with Crippen LogP contribution in [0.25, 0.3) is 0 Å². The van der Waals surface area contributed by atoms with E-state index in [2.05, 4.69) is 11.4 Å². The van der Waals surface area contributed by atoms with Gasteiger partial charge in [-0.2, -0.15) is 0 Å². The zero-order valence-electron chi connectivity index (χ0n) is 8.11. The van der Waals surface area contributed by atoms with E-state index in [1.165, 1.54) is 24.1 Å². The van der Waals surface area contributed by atoms with Crippen LogP contribution in [0, 0.1) is 17.8 Å². The summed E-state index contributed by atoms with van der Waals surface area (Å²) in [6.45, 7) is 0. The van der Waals surface area contributed by atoms with Crippen molar-refractivity contribution in [1.29, 1.82) is 0 Å². The van der Waals surface area contributed by atoms with Crippen molar-refractivity contribution >= 4 is 17.1 Å². The molecule has 74 valence electrons. The fraction of sp³-hybridized carbons (Fsp3) is 0.583. The van der Waals surface area contributed by atoms with Crippen molar-refractivity contribution in [3.05, 3.63) is 22.4 Å². The highest BCUT2D eigenvalue weighted by Gasteiger charge is 2.47. The highest BCUT2D eigenvalue weighted by atomic mass is 32.1. The smallest absolute Gasteiger partial charge is 0.141 e. The highest BCUT2D eigenvalue weighted by Crippen LogP contribution is 2.54. The Kier molecular flexibility index (Phi) is 1.98.